The van der Waals surface area contributed by atoms with E-state index in [-0.39, 0.29) is 0 Å². The van der Waals surface area contributed by atoms with E-state index in [2.05, 4.69) is 169 Å². The summed E-state index contributed by atoms with van der Waals surface area (Å²) in [6, 6.07) is 59.1. The van der Waals surface area contributed by atoms with E-state index in [0.29, 0.717) is 16.8 Å². The molecule has 11 aromatic rings. The number of fused-ring (bicyclic) bond motifs is 6. The Labute approximate surface area is 387 Å². The van der Waals surface area contributed by atoms with Crippen molar-refractivity contribution in [3.8, 4) is 55.9 Å². The van der Waals surface area contributed by atoms with Crippen LogP contribution < -0.4 is 0 Å². The Morgan fingerprint density at radius 1 is 0.403 bits per heavy atom. The van der Waals surface area contributed by atoms with Crippen LogP contribution in [0.2, 0.25) is 0 Å². The predicted octanol–water partition coefficient (Wildman–Crippen LogP) is 17.7. The van der Waals surface area contributed by atoms with Crippen molar-refractivity contribution in [2.45, 2.75) is 40.8 Å². The fourth-order valence-corrected chi connectivity index (χ4v) is 10.4. The molecule has 2 aromatic heterocycles. The van der Waals surface area contributed by atoms with E-state index in [1.165, 1.54) is 39.4 Å². The van der Waals surface area contributed by atoms with Crippen LogP contribution in [0.4, 0.5) is 18.9 Å². The molecule has 0 spiro atoms. The highest BCUT2D eigenvalue weighted by atomic mass is 19.4. The summed E-state index contributed by atoms with van der Waals surface area (Å²) in [7, 11) is 0. The van der Waals surface area contributed by atoms with E-state index in [0.717, 1.165) is 88.9 Å². The van der Waals surface area contributed by atoms with Gasteiger partial charge >= 0.3 is 6.18 Å². The molecule has 0 atom stereocenters. The fraction of sp³-hybridized carbons (Fsp3) is 0.0984. The Bertz CT molecular complexity index is 3870. The van der Waals surface area contributed by atoms with Gasteiger partial charge in [0, 0.05) is 32.8 Å². The van der Waals surface area contributed by atoms with Crippen molar-refractivity contribution in [3.05, 3.63) is 221 Å². The van der Waals surface area contributed by atoms with Crippen molar-refractivity contribution in [1.29, 1.82) is 0 Å². The number of aromatic nitrogens is 2. The monoisotopic (exact) mass is 875 g/mol. The van der Waals surface area contributed by atoms with Gasteiger partial charge in [-0.25, -0.2) is 4.85 Å². The van der Waals surface area contributed by atoms with Crippen LogP contribution in [0.3, 0.4) is 0 Å². The summed E-state index contributed by atoms with van der Waals surface area (Å²) in [4.78, 5) is 4.22. The Balaban J connectivity index is 1.21. The molecule has 0 aliphatic carbocycles. The van der Waals surface area contributed by atoms with Gasteiger partial charge in [0.05, 0.1) is 39.9 Å². The molecule has 0 bridgehead atoms. The number of hydrogen-bond acceptors (Lipinski definition) is 0. The number of aryl methyl sites for hydroxylation is 5. The van der Waals surface area contributed by atoms with Gasteiger partial charge in [-0.3, -0.25) is 0 Å². The van der Waals surface area contributed by atoms with Crippen LogP contribution in [0.5, 0.6) is 0 Å². The van der Waals surface area contributed by atoms with Gasteiger partial charge in [-0.15, -0.1) is 0 Å². The molecule has 0 aliphatic rings. The summed E-state index contributed by atoms with van der Waals surface area (Å²) in [5.74, 6) is 0. The third-order valence-corrected chi connectivity index (χ3v) is 13.5. The maximum Gasteiger partial charge on any atom is 0.416 e. The molecule has 0 N–H and O–H groups in total. The number of rotatable bonds is 6. The van der Waals surface area contributed by atoms with Crippen LogP contribution in [0.1, 0.15) is 33.4 Å². The Morgan fingerprint density at radius 3 is 1.40 bits per heavy atom. The molecule has 0 aliphatic heterocycles. The zero-order chi connectivity index (χ0) is 46.3. The van der Waals surface area contributed by atoms with E-state index in [1.54, 1.807) is 13.0 Å². The molecule has 0 saturated heterocycles. The first kappa shape index (κ1) is 41.6. The Kier molecular flexibility index (Phi) is 9.79. The van der Waals surface area contributed by atoms with Crippen molar-refractivity contribution < 1.29 is 13.2 Å². The minimum atomic E-state index is -4.47. The second-order valence-corrected chi connectivity index (χ2v) is 17.8. The van der Waals surface area contributed by atoms with E-state index in [1.807, 2.05) is 30.3 Å². The number of benzene rings is 9. The van der Waals surface area contributed by atoms with Crippen molar-refractivity contribution in [2.75, 3.05) is 0 Å². The lowest BCUT2D eigenvalue weighted by atomic mass is 9.92. The minimum Gasteiger partial charge on any atom is -0.310 e. The van der Waals surface area contributed by atoms with Crippen molar-refractivity contribution in [3.63, 3.8) is 0 Å². The summed E-state index contributed by atoms with van der Waals surface area (Å²) in [5, 5.41) is 4.34. The zero-order valence-corrected chi connectivity index (χ0v) is 37.7. The zero-order valence-electron chi connectivity index (χ0n) is 37.7. The van der Waals surface area contributed by atoms with Crippen LogP contribution in [0.15, 0.2) is 176 Å². The molecule has 6 heteroatoms. The number of hydrogen-bond donors (Lipinski definition) is 0. The lowest BCUT2D eigenvalue weighted by Gasteiger charge is -2.21. The average molecular weight is 876 g/mol. The maximum absolute atomic E-state index is 14.0. The van der Waals surface area contributed by atoms with E-state index >= 15 is 0 Å². The molecule has 0 fully saturated rings. The van der Waals surface area contributed by atoms with Gasteiger partial charge in [-0.1, -0.05) is 120 Å². The van der Waals surface area contributed by atoms with Crippen LogP contribution in [-0.2, 0) is 6.18 Å². The molecular weight excluding hydrogens is 832 g/mol. The topological polar surface area (TPSA) is 14.2 Å². The number of halogens is 3. The minimum absolute atomic E-state index is 0.454. The van der Waals surface area contributed by atoms with Crippen LogP contribution in [0, 0.1) is 41.2 Å². The Morgan fingerprint density at radius 2 is 0.881 bits per heavy atom. The molecule has 3 nitrogen and oxygen atoms in total. The largest absolute Gasteiger partial charge is 0.416 e. The predicted molar refractivity (Wildman–Crippen MR) is 272 cm³/mol. The van der Waals surface area contributed by atoms with Crippen molar-refractivity contribution >= 4 is 49.3 Å². The second kappa shape index (κ2) is 15.8. The molecule has 0 radical (unpaired) electrons. The smallest absolute Gasteiger partial charge is 0.310 e. The maximum atomic E-state index is 14.0. The molecule has 67 heavy (non-hydrogen) atoms. The van der Waals surface area contributed by atoms with E-state index in [9.17, 15) is 13.2 Å². The van der Waals surface area contributed by atoms with Gasteiger partial charge in [0.25, 0.3) is 0 Å². The highest BCUT2D eigenvalue weighted by Crippen LogP contribution is 2.47. The van der Waals surface area contributed by atoms with Gasteiger partial charge in [0.15, 0.2) is 5.69 Å². The highest BCUT2D eigenvalue weighted by Gasteiger charge is 2.31. The van der Waals surface area contributed by atoms with Crippen LogP contribution >= 0.6 is 0 Å². The standard InChI is InChI=1S/C61H44F3N3/c1-36-18-24-45(38(3)30-36)41-20-27-56-50(33-41)48-12-7-9-15-54(48)66(56)58-29-22-43(47-26-23-44(32-40(47)5)61(62,63)64)35-52(58)60-53(65-6)14-11-17-59(60)67-55-16-10-8-13-49(55)51-34-42(21-28-57(51)67)46-25-19-37(2)31-39(46)4/h7-35H,1-5H3. The van der Waals surface area contributed by atoms with E-state index < -0.39 is 11.7 Å². The molecule has 2 heterocycles. The van der Waals surface area contributed by atoms with Gasteiger partial charge in [0.2, 0.25) is 0 Å². The molecular formula is C61H44F3N3. The first-order valence-electron chi connectivity index (χ1n) is 22.4. The first-order valence-corrected chi connectivity index (χ1v) is 22.4. The SMILES string of the molecule is [C-]#[N+]c1cccc(-n2c3ccccc3c3cc(-c4ccc(C)cc4C)ccc32)c1-c1cc(-c2ccc(C(F)(F)F)cc2C)ccc1-n1c2ccccc2c2cc(-c3ccc(C)cc3C)ccc21. The Hall–Kier alpha value is -8.14. The van der Waals surface area contributed by atoms with Crippen LogP contribution in [-0.4, -0.2) is 9.13 Å². The molecule has 0 saturated carbocycles. The van der Waals surface area contributed by atoms with Gasteiger partial charge < -0.3 is 9.13 Å². The van der Waals surface area contributed by atoms with Gasteiger partial charge in [0.1, 0.15) is 0 Å². The quantitative estimate of drug-likeness (QED) is 0.148. The number of nitrogens with zero attached hydrogens (tertiary/aromatic N) is 3. The summed E-state index contributed by atoms with van der Waals surface area (Å²) in [6.45, 7) is 19.0. The second-order valence-electron chi connectivity index (χ2n) is 17.8. The van der Waals surface area contributed by atoms with Crippen molar-refractivity contribution in [1.82, 2.24) is 9.13 Å². The molecule has 0 amide bonds. The molecule has 9 aromatic carbocycles. The summed E-state index contributed by atoms with van der Waals surface area (Å²) in [6.07, 6.45) is -4.47. The lowest BCUT2D eigenvalue weighted by molar-refractivity contribution is -0.137. The van der Waals surface area contributed by atoms with E-state index in [4.69, 9.17) is 6.57 Å². The number of para-hydroxylation sites is 2. The van der Waals surface area contributed by atoms with Crippen molar-refractivity contribution in [2.24, 2.45) is 0 Å². The van der Waals surface area contributed by atoms with Gasteiger partial charge in [-0.2, -0.15) is 13.2 Å². The molecule has 0 unspecified atom stereocenters. The highest BCUT2D eigenvalue weighted by molar-refractivity contribution is 6.13. The summed E-state index contributed by atoms with van der Waals surface area (Å²) >= 11 is 0. The summed E-state index contributed by atoms with van der Waals surface area (Å²) in [5.41, 5.74) is 18.2. The summed E-state index contributed by atoms with van der Waals surface area (Å²) < 4.78 is 46.6. The molecule has 324 valence electrons. The molecule has 11 rings (SSSR count). The number of alkyl halides is 3. The normalized spacial score (nSPS) is 11.9. The first-order chi connectivity index (χ1) is 32.4. The third kappa shape index (κ3) is 6.89. The van der Waals surface area contributed by atoms with Gasteiger partial charge in [-0.05, 0) is 157 Å². The fourth-order valence-electron chi connectivity index (χ4n) is 10.4. The third-order valence-electron chi connectivity index (χ3n) is 13.5. The lowest BCUT2D eigenvalue weighted by Crippen LogP contribution is -2.05. The van der Waals surface area contributed by atoms with Crippen LogP contribution in [0.25, 0.3) is 104 Å². The average Bonchev–Trinajstić information content (AvgIpc) is 3.83.